The summed E-state index contributed by atoms with van der Waals surface area (Å²) < 4.78 is 33.3. The molecule has 10 heteroatoms. The number of carbonyl (C=O) groups excluding carboxylic acids is 2. The second-order valence-electron chi connectivity index (χ2n) is 7.51. The lowest BCUT2D eigenvalue weighted by atomic mass is 10.2. The van der Waals surface area contributed by atoms with Crippen LogP contribution in [0.1, 0.15) is 25.7 Å². The number of amides is 2. The van der Waals surface area contributed by atoms with E-state index in [-0.39, 0.29) is 23.7 Å². The number of benzene rings is 1. The number of sulfonamides is 1. The summed E-state index contributed by atoms with van der Waals surface area (Å²) >= 11 is 0. The molecule has 0 aliphatic carbocycles. The molecule has 0 radical (unpaired) electrons. The number of ether oxygens (including phenoxy) is 1. The van der Waals surface area contributed by atoms with Crippen LogP contribution in [0, 0.1) is 0 Å². The van der Waals surface area contributed by atoms with Gasteiger partial charge in [0.1, 0.15) is 12.3 Å². The molecule has 1 aromatic heterocycles. The smallest absolute Gasteiger partial charge is 0.265 e. The SMILES string of the molecule is O=C(CN1C(=O)COc2ccc(S(=O)(=O)N3CCCCCC3)cc21)Nc1cccnc1. The third kappa shape index (κ3) is 4.70. The van der Waals surface area contributed by atoms with E-state index >= 15 is 0 Å². The van der Waals surface area contributed by atoms with E-state index in [9.17, 15) is 18.0 Å². The van der Waals surface area contributed by atoms with Gasteiger partial charge in [0, 0.05) is 19.3 Å². The molecule has 31 heavy (non-hydrogen) atoms. The van der Waals surface area contributed by atoms with Gasteiger partial charge in [-0.25, -0.2) is 8.42 Å². The molecule has 2 amide bonds. The predicted molar refractivity (Wildman–Crippen MR) is 114 cm³/mol. The maximum atomic E-state index is 13.2. The lowest BCUT2D eigenvalue weighted by Gasteiger charge is -2.29. The van der Waals surface area contributed by atoms with Crippen molar-refractivity contribution in [1.29, 1.82) is 0 Å². The Morgan fingerprint density at radius 2 is 1.90 bits per heavy atom. The van der Waals surface area contributed by atoms with Crippen molar-refractivity contribution in [2.45, 2.75) is 30.6 Å². The maximum absolute atomic E-state index is 13.2. The third-order valence-corrected chi connectivity index (χ3v) is 7.22. The normalized spacial score (nSPS) is 17.4. The van der Waals surface area contributed by atoms with Crippen LogP contribution in [0.15, 0.2) is 47.6 Å². The average molecular weight is 445 g/mol. The van der Waals surface area contributed by atoms with Crippen molar-refractivity contribution < 1.29 is 22.7 Å². The minimum atomic E-state index is -3.71. The van der Waals surface area contributed by atoms with Gasteiger partial charge in [-0.15, -0.1) is 0 Å². The van der Waals surface area contributed by atoms with E-state index < -0.39 is 21.8 Å². The van der Waals surface area contributed by atoms with Crippen LogP contribution in [-0.2, 0) is 19.6 Å². The van der Waals surface area contributed by atoms with Crippen LogP contribution < -0.4 is 15.0 Å². The number of pyridine rings is 1. The second-order valence-corrected chi connectivity index (χ2v) is 9.44. The molecule has 2 aliphatic heterocycles. The molecule has 1 fully saturated rings. The molecule has 9 nitrogen and oxygen atoms in total. The van der Waals surface area contributed by atoms with E-state index in [4.69, 9.17) is 4.74 Å². The Labute approximate surface area is 181 Å². The Kier molecular flexibility index (Phi) is 6.19. The highest BCUT2D eigenvalue weighted by Gasteiger charge is 2.31. The van der Waals surface area contributed by atoms with Crippen molar-refractivity contribution >= 4 is 33.2 Å². The van der Waals surface area contributed by atoms with Gasteiger partial charge in [0.25, 0.3) is 5.91 Å². The van der Waals surface area contributed by atoms with E-state index in [1.165, 1.54) is 27.5 Å². The molecule has 164 valence electrons. The van der Waals surface area contributed by atoms with E-state index in [0.29, 0.717) is 24.5 Å². The van der Waals surface area contributed by atoms with Crippen LogP contribution in [0.25, 0.3) is 0 Å². The van der Waals surface area contributed by atoms with Crippen LogP contribution in [0.2, 0.25) is 0 Å². The summed E-state index contributed by atoms with van der Waals surface area (Å²) in [6.07, 6.45) is 6.76. The first-order valence-corrected chi connectivity index (χ1v) is 11.7. The van der Waals surface area contributed by atoms with Gasteiger partial charge in [-0.1, -0.05) is 12.8 Å². The molecule has 3 heterocycles. The number of hydrogen-bond acceptors (Lipinski definition) is 6. The fraction of sp³-hybridized carbons (Fsp3) is 0.381. The summed E-state index contributed by atoms with van der Waals surface area (Å²) in [5.74, 6) is -0.475. The highest BCUT2D eigenvalue weighted by Crippen LogP contribution is 2.35. The van der Waals surface area contributed by atoms with Crippen molar-refractivity contribution in [1.82, 2.24) is 9.29 Å². The number of rotatable bonds is 5. The molecule has 0 saturated carbocycles. The van der Waals surface area contributed by atoms with Crippen LogP contribution in [0.3, 0.4) is 0 Å². The zero-order chi connectivity index (χ0) is 21.8. The first kappa shape index (κ1) is 21.3. The lowest BCUT2D eigenvalue weighted by molar-refractivity contribution is -0.123. The number of nitrogens with one attached hydrogen (secondary N) is 1. The highest BCUT2D eigenvalue weighted by atomic mass is 32.2. The van der Waals surface area contributed by atoms with Crippen molar-refractivity contribution in [3.8, 4) is 5.75 Å². The maximum Gasteiger partial charge on any atom is 0.265 e. The van der Waals surface area contributed by atoms with Gasteiger partial charge in [0.15, 0.2) is 6.61 Å². The van der Waals surface area contributed by atoms with E-state index in [1.807, 2.05) is 0 Å². The molecular weight excluding hydrogens is 420 g/mol. The monoisotopic (exact) mass is 444 g/mol. The number of fused-ring (bicyclic) bond motifs is 1. The zero-order valence-corrected chi connectivity index (χ0v) is 17.8. The molecule has 4 rings (SSSR count). The summed E-state index contributed by atoms with van der Waals surface area (Å²) in [5.41, 5.74) is 0.777. The van der Waals surface area contributed by atoms with Crippen LogP contribution in [0.4, 0.5) is 11.4 Å². The van der Waals surface area contributed by atoms with Gasteiger partial charge in [-0.3, -0.25) is 19.5 Å². The predicted octanol–water partition coefficient (Wildman–Crippen LogP) is 2.01. The van der Waals surface area contributed by atoms with Crippen molar-refractivity contribution in [3.05, 3.63) is 42.7 Å². The van der Waals surface area contributed by atoms with Gasteiger partial charge in [-0.2, -0.15) is 4.31 Å². The quantitative estimate of drug-likeness (QED) is 0.756. The minimum absolute atomic E-state index is 0.0871. The van der Waals surface area contributed by atoms with Crippen molar-refractivity contribution in [2.24, 2.45) is 0 Å². The summed E-state index contributed by atoms with van der Waals surface area (Å²) in [5, 5.41) is 2.68. The number of nitrogens with zero attached hydrogens (tertiary/aromatic N) is 3. The minimum Gasteiger partial charge on any atom is -0.482 e. The summed E-state index contributed by atoms with van der Waals surface area (Å²) in [7, 11) is -3.71. The third-order valence-electron chi connectivity index (χ3n) is 5.32. The summed E-state index contributed by atoms with van der Waals surface area (Å²) in [6.45, 7) is 0.473. The molecule has 1 aromatic carbocycles. The molecule has 0 bridgehead atoms. The summed E-state index contributed by atoms with van der Waals surface area (Å²) in [4.78, 5) is 30.3. The van der Waals surface area contributed by atoms with Gasteiger partial charge < -0.3 is 10.1 Å². The number of anilines is 2. The standard InChI is InChI=1S/C21H24N4O5S/c26-20(23-16-6-5-9-22-13-16)14-25-18-12-17(7-8-19(18)30-15-21(25)27)31(28,29)24-10-3-1-2-4-11-24/h5-9,12-13H,1-4,10-11,14-15H2,(H,23,26). The van der Waals surface area contributed by atoms with Crippen LogP contribution in [-0.4, -0.2) is 55.8 Å². The second kappa shape index (κ2) is 9.03. The Hall–Kier alpha value is -2.98. The van der Waals surface area contributed by atoms with E-state index in [0.717, 1.165) is 25.7 Å². The van der Waals surface area contributed by atoms with Gasteiger partial charge in [-0.05, 0) is 43.2 Å². The van der Waals surface area contributed by atoms with Gasteiger partial charge in [0.2, 0.25) is 15.9 Å². The fourth-order valence-corrected chi connectivity index (χ4v) is 5.27. The first-order chi connectivity index (χ1) is 14.9. The molecular formula is C21H24N4O5S. The topological polar surface area (TPSA) is 109 Å². The Bertz CT molecular complexity index is 1070. The van der Waals surface area contributed by atoms with Gasteiger partial charge >= 0.3 is 0 Å². The van der Waals surface area contributed by atoms with Crippen molar-refractivity contribution in [3.63, 3.8) is 0 Å². The molecule has 0 atom stereocenters. The lowest BCUT2D eigenvalue weighted by Crippen LogP contribution is -2.43. The number of hydrogen-bond donors (Lipinski definition) is 1. The Balaban J connectivity index is 1.59. The highest BCUT2D eigenvalue weighted by molar-refractivity contribution is 7.89. The van der Waals surface area contributed by atoms with E-state index in [1.54, 1.807) is 24.4 Å². The van der Waals surface area contributed by atoms with Crippen LogP contribution in [0.5, 0.6) is 5.75 Å². The number of carbonyl (C=O) groups is 2. The Morgan fingerprint density at radius 1 is 1.13 bits per heavy atom. The molecule has 0 unspecified atom stereocenters. The average Bonchev–Trinajstić information content (AvgIpc) is 3.06. The van der Waals surface area contributed by atoms with Crippen molar-refractivity contribution in [2.75, 3.05) is 36.5 Å². The molecule has 2 aromatic rings. The van der Waals surface area contributed by atoms with Gasteiger partial charge in [0.05, 0.1) is 22.5 Å². The van der Waals surface area contributed by atoms with Crippen LogP contribution >= 0.6 is 0 Å². The summed E-state index contributed by atoms with van der Waals surface area (Å²) in [6, 6.07) is 7.82. The zero-order valence-electron chi connectivity index (χ0n) is 17.0. The molecule has 1 N–H and O–H groups in total. The van der Waals surface area contributed by atoms with E-state index in [2.05, 4.69) is 10.3 Å². The Morgan fingerprint density at radius 3 is 2.61 bits per heavy atom. The molecule has 0 spiro atoms. The molecule has 2 aliphatic rings. The largest absolute Gasteiger partial charge is 0.482 e. The molecule has 1 saturated heterocycles. The fourth-order valence-electron chi connectivity index (χ4n) is 3.73. The number of aromatic nitrogens is 1. The first-order valence-electron chi connectivity index (χ1n) is 10.2.